The first-order valence-corrected chi connectivity index (χ1v) is 7.34. The van der Waals surface area contributed by atoms with E-state index < -0.39 is 5.54 Å². The van der Waals surface area contributed by atoms with Crippen LogP contribution in [-0.4, -0.2) is 42.5 Å². The van der Waals surface area contributed by atoms with Crippen LogP contribution in [0.5, 0.6) is 0 Å². The van der Waals surface area contributed by atoms with Gasteiger partial charge in [0, 0.05) is 31.9 Å². The van der Waals surface area contributed by atoms with Gasteiger partial charge < -0.3 is 15.5 Å². The molecule has 0 bridgehead atoms. The van der Waals surface area contributed by atoms with Crippen molar-refractivity contribution in [3.8, 4) is 0 Å². The molecule has 1 aliphatic rings. The van der Waals surface area contributed by atoms with Gasteiger partial charge in [0.1, 0.15) is 0 Å². The summed E-state index contributed by atoms with van der Waals surface area (Å²) >= 11 is 0. The lowest BCUT2D eigenvalue weighted by molar-refractivity contribution is -0.136. The third kappa shape index (κ3) is 3.12. The van der Waals surface area contributed by atoms with Crippen LogP contribution in [0.4, 0.5) is 5.69 Å². The molecule has 1 unspecified atom stereocenters. The molecule has 1 heterocycles. The number of carbonyl (C=O) groups is 1. The van der Waals surface area contributed by atoms with Crippen molar-refractivity contribution in [3.63, 3.8) is 0 Å². The van der Waals surface area contributed by atoms with Crippen molar-refractivity contribution in [1.82, 2.24) is 4.90 Å². The van der Waals surface area contributed by atoms with Crippen LogP contribution in [0.25, 0.3) is 0 Å². The lowest BCUT2D eigenvalue weighted by atomic mass is 9.98. The smallest absolute Gasteiger partial charge is 0.242 e. The van der Waals surface area contributed by atoms with Gasteiger partial charge in [0.15, 0.2) is 0 Å². The summed E-state index contributed by atoms with van der Waals surface area (Å²) in [4.78, 5) is 16.6. The zero-order chi connectivity index (χ0) is 14.8. The third-order valence-corrected chi connectivity index (χ3v) is 4.16. The second-order valence-electron chi connectivity index (χ2n) is 5.89. The largest absolute Gasteiger partial charge is 0.368 e. The molecule has 0 aliphatic carbocycles. The summed E-state index contributed by atoms with van der Waals surface area (Å²) in [5.74, 6) is 0.0730. The van der Waals surface area contributed by atoms with Gasteiger partial charge in [-0.1, -0.05) is 19.1 Å². The first kappa shape index (κ1) is 14.9. The highest BCUT2D eigenvalue weighted by molar-refractivity contribution is 5.85. The highest BCUT2D eigenvalue weighted by Crippen LogP contribution is 2.19. The van der Waals surface area contributed by atoms with Gasteiger partial charge in [0.05, 0.1) is 5.54 Å². The van der Waals surface area contributed by atoms with E-state index in [1.54, 1.807) is 0 Å². The summed E-state index contributed by atoms with van der Waals surface area (Å²) in [6.45, 7) is 9.12. The van der Waals surface area contributed by atoms with E-state index >= 15 is 0 Å². The predicted molar refractivity (Wildman–Crippen MR) is 82.9 cm³/mol. The van der Waals surface area contributed by atoms with E-state index in [0.29, 0.717) is 6.42 Å². The van der Waals surface area contributed by atoms with Gasteiger partial charge in [-0.2, -0.15) is 0 Å². The Morgan fingerprint density at radius 3 is 2.50 bits per heavy atom. The van der Waals surface area contributed by atoms with E-state index in [-0.39, 0.29) is 5.91 Å². The number of nitrogens with zero attached hydrogens (tertiary/aromatic N) is 2. The van der Waals surface area contributed by atoms with Crippen LogP contribution in [0, 0.1) is 6.92 Å². The molecule has 2 N–H and O–H groups in total. The Kier molecular flexibility index (Phi) is 4.33. The van der Waals surface area contributed by atoms with Crippen LogP contribution in [0.15, 0.2) is 24.3 Å². The molecule has 2 rings (SSSR count). The number of hydrogen-bond acceptors (Lipinski definition) is 3. The maximum Gasteiger partial charge on any atom is 0.242 e. The van der Waals surface area contributed by atoms with Gasteiger partial charge in [0.2, 0.25) is 5.91 Å². The van der Waals surface area contributed by atoms with Gasteiger partial charge in [-0.05, 0) is 38.0 Å². The molecule has 1 saturated heterocycles. The highest BCUT2D eigenvalue weighted by atomic mass is 16.2. The Labute approximate surface area is 121 Å². The fourth-order valence-electron chi connectivity index (χ4n) is 2.50. The second kappa shape index (κ2) is 5.83. The van der Waals surface area contributed by atoms with Gasteiger partial charge in [-0.15, -0.1) is 0 Å². The Morgan fingerprint density at radius 2 is 1.95 bits per heavy atom. The minimum absolute atomic E-state index is 0.0730. The molecule has 1 aliphatic heterocycles. The van der Waals surface area contributed by atoms with Crippen molar-refractivity contribution < 1.29 is 4.79 Å². The molecule has 1 amide bonds. The molecular weight excluding hydrogens is 250 g/mol. The molecule has 4 nitrogen and oxygen atoms in total. The molecule has 4 heteroatoms. The fraction of sp³-hybridized carbons (Fsp3) is 0.562. The minimum atomic E-state index is -0.731. The molecule has 1 aromatic rings. The number of piperazine rings is 1. The monoisotopic (exact) mass is 275 g/mol. The average Bonchev–Trinajstić information content (AvgIpc) is 2.46. The molecule has 0 aromatic heterocycles. The number of hydrogen-bond donors (Lipinski definition) is 1. The van der Waals surface area contributed by atoms with Crippen LogP contribution in [0.1, 0.15) is 25.8 Å². The number of nitrogens with two attached hydrogens (primary N) is 1. The second-order valence-corrected chi connectivity index (χ2v) is 5.89. The fourth-order valence-corrected chi connectivity index (χ4v) is 2.50. The minimum Gasteiger partial charge on any atom is -0.368 e. The summed E-state index contributed by atoms with van der Waals surface area (Å²) in [6.07, 6.45) is 0.671. The van der Waals surface area contributed by atoms with Gasteiger partial charge >= 0.3 is 0 Å². The van der Waals surface area contributed by atoms with E-state index in [0.717, 1.165) is 26.2 Å². The molecule has 0 radical (unpaired) electrons. The van der Waals surface area contributed by atoms with Crippen LogP contribution < -0.4 is 10.6 Å². The first-order valence-electron chi connectivity index (χ1n) is 7.34. The van der Waals surface area contributed by atoms with E-state index in [2.05, 4.69) is 36.1 Å². The Bertz CT molecular complexity index is 476. The molecule has 1 aromatic carbocycles. The summed E-state index contributed by atoms with van der Waals surface area (Å²) in [6, 6.07) is 8.50. The standard InChI is InChI=1S/C16H25N3O/c1-4-16(3,17)15(20)19-10-8-18(9-11-19)14-7-5-6-13(2)12-14/h5-7,12H,4,8-11,17H2,1-3H3. The molecular formula is C16H25N3O. The van der Waals surface area contributed by atoms with Crippen molar-refractivity contribution in [1.29, 1.82) is 0 Å². The molecule has 20 heavy (non-hydrogen) atoms. The van der Waals surface area contributed by atoms with E-state index in [1.165, 1.54) is 11.3 Å². The number of rotatable bonds is 3. The summed E-state index contributed by atoms with van der Waals surface area (Å²) < 4.78 is 0. The Morgan fingerprint density at radius 1 is 1.30 bits per heavy atom. The number of carbonyl (C=O) groups excluding carboxylic acids is 1. The molecule has 1 atom stereocenters. The first-order chi connectivity index (χ1) is 9.44. The lowest BCUT2D eigenvalue weighted by Crippen LogP contribution is -2.58. The molecule has 1 fully saturated rings. The van der Waals surface area contributed by atoms with Crippen molar-refractivity contribution in [2.45, 2.75) is 32.7 Å². The van der Waals surface area contributed by atoms with Crippen LogP contribution in [0.3, 0.4) is 0 Å². The molecule has 0 spiro atoms. The van der Waals surface area contributed by atoms with Crippen LogP contribution in [0.2, 0.25) is 0 Å². The van der Waals surface area contributed by atoms with Crippen LogP contribution >= 0.6 is 0 Å². The Hall–Kier alpha value is -1.55. The number of aryl methyl sites for hydroxylation is 1. The number of anilines is 1. The molecule has 110 valence electrons. The zero-order valence-corrected chi connectivity index (χ0v) is 12.7. The average molecular weight is 275 g/mol. The maximum absolute atomic E-state index is 12.3. The van der Waals surface area contributed by atoms with Crippen molar-refractivity contribution >= 4 is 11.6 Å². The SMILES string of the molecule is CCC(C)(N)C(=O)N1CCN(c2cccc(C)c2)CC1. The lowest BCUT2D eigenvalue weighted by Gasteiger charge is -2.39. The summed E-state index contributed by atoms with van der Waals surface area (Å²) in [5.41, 5.74) is 7.82. The zero-order valence-electron chi connectivity index (χ0n) is 12.7. The molecule has 0 saturated carbocycles. The highest BCUT2D eigenvalue weighted by Gasteiger charge is 2.32. The van der Waals surface area contributed by atoms with Gasteiger partial charge in [-0.3, -0.25) is 4.79 Å². The van der Waals surface area contributed by atoms with Gasteiger partial charge in [-0.25, -0.2) is 0 Å². The maximum atomic E-state index is 12.3. The van der Waals surface area contributed by atoms with E-state index in [1.807, 2.05) is 18.7 Å². The normalized spacial score (nSPS) is 18.8. The van der Waals surface area contributed by atoms with Crippen molar-refractivity contribution in [3.05, 3.63) is 29.8 Å². The van der Waals surface area contributed by atoms with E-state index in [9.17, 15) is 4.79 Å². The quantitative estimate of drug-likeness (QED) is 0.914. The number of amides is 1. The third-order valence-electron chi connectivity index (χ3n) is 4.16. The van der Waals surface area contributed by atoms with Crippen molar-refractivity contribution in [2.24, 2.45) is 5.73 Å². The van der Waals surface area contributed by atoms with Crippen molar-refractivity contribution in [2.75, 3.05) is 31.1 Å². The van der Waals surface area contributed by atoms with Gasteiger partial charge in [0.25, 0.3) is 0 Å². The van der Waals surface area contributed by atoms with E-state index in [4.69, 9.17) is 5.73 Å². The summed E-state index contributed by atoms with van der Waals surface area (Å²) in [7, 11) is 0. The summed E-state index contributed by atoms with van der Waals surface area (Å²) in [5, 5.41) is 0. The topological polar surface area (TPSA) is 49.6 Å². The number of benzene rings is 1. The van der Waals surface area contributed by atoms with Crippen LogP contribution in [-0.2, 0) is 4.79 Å². The predicted octanol–water partition coefficient (Wildman–Crippen LogP) is 1.77. The Balaban J connectivity index is 1.98.